The zero-order chi connectivity index (χ0) is 18.5. The molecule has 0 N–H and O–H groups in total. The molecule has 1 aliphatic rings. The van der Waals surface area contributed by atoms with Crippen molar-refractivity contribution in [2.45, 2.75) is 124 Å². The highest BCUT2D eigenvalue weighted by Crippen LogP contribution is 2.36. The Kier molecular flexibility index (Phi) is 12.9. The van der Waals surface area contributed by atoms with Gasteiger partial charge >= 0.3 is 0 Å². The highest BCUT2D eigenvalue weighted by molar-refractivity contribution is 4.76. The number of rotatable bonds is 9. The number of ether oxygens (including phenoxy) is 1. The summed E-state index contributed by atoms with van der Waals surface area (Å²) in [6.45, 7) is 9.44. The smallest absolute Gasteiger partial charge is 0.0546 e. The Labute approximate surface area is 159 Å². The molecule has 1 saturated carbocycles. The van der Waals surface area contributed by atoms with Crippen molar-refractivity contribution >= 4 is 0 Å². The van der Waals surface area contributed by atoms with Crippen LogP contribution in [0.25, 0.3) is 0 Å². The zero-order valence-electron chi connectivity index (χ0n) is 18.2. The van der Waals surface area contributed by atoms with Crippen molar-refractivity contribution in [1.82, 2.24) is 0 Å². The number of unbranched alkanes of at least 4 members (excludes halogenated alkanes) is 2. The van der Waals surface area contributed by atoms with Gasteiger partial charge in [-0.1, -0.05) is 91.4 Å². The van der Waals surface area contributed by atoms with Crippen LogP contribution in [0.5, 0.6) is 0 Å². The van der Waals surface area contributed by atoms with E-state index in [2.05, 4.69) is 27.7 Å². The quantitative estimate of drug-likeness (QED) is 0.382. The lowest BCUT2D eigenvalue weighted by Crippen LogP contribution is -2.21. The molecule has 0 heterocycles. The van der Waals surface area contributed by atoms with Gasteiger partial charge in [0.15, 0.2) is 0 Å². The summed E-state index contributed by atoms with van der Waals surface area (Å²) in [5.41, 5.74) is 0. The molecule has 1 heteroatoms. The van der Waals surface area contributed by atoms with Crippen LogP contribution in [0, 0.1) is 23.7 Å². The summed E-state index contributed by atoms with van der Waals surface area (Å²) in [4.78, 5) is 0. The van der Waals surface area contributed by atoms with Crippen molar-refractivity contribution in [3.8, 4) is 0 Å². The summed E-state index contributed by atoms with van der Waals surface area (Å²) in [6.07, 6.45) is 20.4. The lowest BCUT2D eigenvalue weighted by atomic mass is 9.78. The van der Waals surface area contributed by atoms with Gasteiger partial charge in [0.05, 0.1) is 6.10 Å². The zero-order valence-corrected chi connectivity index (χ0v) is 18.2. The van der Waals surface area contributed by atoms with Gasteiger partial charge in [0, 0.05) is 7.11 Å². The van der Waals surface area contributed by atoms with Crippen molar-refractivity contribution in [1.29, 1.82) is 0 Å². The van der Waals surface area contributed by atoms with Gasteiger partial charge in [-0.25, -0.2) is 0 Å². The van der Waals surface area contributed by atoms with Crippen molar-refractivity contribution in [3.05, 3.63) is 0 Å². The molecule has 0 aromatic heterocycles. The van der Waals surface area contributed by atoms with Crippen molar-refractivity contribution in [2.75, 3.05) is 7.11 Å². The number of hydrogen-bond donors (Lipinski definition) is 0. The lowest BCUT2D eigenvalue weighted by Gasteiger charge is -2.29. The molecule has 0 aromatic rings. The molecule has 1 nitrogen and oxygen atoms in total. The van der Waals surface area contributed by atoms with E-state index < -0.39 is 0 Å². The largest absolute Gasteiger partial charge is 0.382 e. The summed E-state index contributed by atoms with van der Waals surface area (Å²) in [5.74, 6) is 3.78. The van der Waals surface area contributed by atoms with Crippen LogP contribution in [-0.4, -0.2) is 13.2 Å². The molecule has 0 radical (unpaired) electrons. The average molecular weight is 353 g/mol. The summed E-state index contributed by atoms with van der Waals surface area (Å²) in [6, 6.07) is 0. The van der Waals surface area contributed by atoms with Crippen LogP contribution in [0.15, 0.2) is 0 Å². The Bertz CT molecular complexity index is 300. The standard InChI is InChI=1S/C24H48O/c1-6-9-10-14-22-16-17-23(8-3)24(18-20(4)25-5)15-12-11-13-21(7-2)19-22/h20-24H,6-19H2,1-5H3. The predicted octanol–water partition coefficient (Wildman–Crippen LogP) is 8.02. The van der Waals surface area contributed by atoms with Crippen LogP contribution in [0.2, 0.25) is 0 Å². The highest BCUT2D eigenvalue weighted by Gasteiger charge is 2.25. The second-order valence-electron chi connectivity index (χ2n) is 8.94. The maximum Gasteiger partial charge on any atom is 0.0546 e. The number of methoxy groups -OCH3 is 1. The van der Waals surface area contributed by atoms with Gasteiger partial charge in [-0.2, -0.15) is 0 Å². The lowest BCUT2D eigenvalue weighted by molar-refractivity contribution is 0.0772. The Balaban J connectivity index is 2.72. The Hall–Kier alpha value is -0.0400. The molecule has 1 rings (SSSR count). The molecule has 0 spiro atoms. The molecule has 5 unspecified atom stereocenters. The van der Waals surface area contributed by atoms with Crippen molar-refractivity contribution in [2.24, 2.45) is 23.7 Å². The monoisotopic (exact) mass is 352 g/mol. The Morgan fingerprint density at radius 1 is 0.840 bits per heavy atom. The van der Waals surface area contributed by atoms with E-state index in [0.717, 1.165) is 23.7 Å². The van der Waals surface area contributed by atoms with Crippen LogP contribution in [0.3, 0.4) is 0 Å². The second-order valence-corrected chi connectivity index (χ2v) is 8.94. The van der Waals surface area contributed by atoms with E-state index in [1.165, 1.54) is 89.9 Å². The minimum absolute atomic E-state index is 0.424. The molecule has 0 aromatic carbocycles. The Morgan fingerprint density at radius 3 is 2.24 bits per heavy atom. The summed E-state index contributed by atoms with van der Waals surface area (Å²) in [5, 5.41) is 0. The molecule has 1 aliphatic carbocycles. The summed E-state index contributed by atoms with van der Waals surface area (Å²) >= 11 is 0. The third-order valence-corrected chi connectivity index (χ3v) is 7.07. The minimum Gasteiger partial charge on any atom is -0.382 e. The predicted molar refractivity (Wildman–Crippen MR) is 112 cm³/mol. The molecule has 150 valence electrons. The van der Waals surface area contributed by atoms with E-state index >= 15 is 0 Å². The topological polar surface area (TPSA) is 9.23 Å². The van der Waals surface area contributed by atoms with E-state index in [1.807, 2.05) is 7.11 Å². The molecule has 1 fully saturated rings. The van der Waals surface area contributed by atoms with E-state index in [4.69, 9.17) is 4.74 Å². The van der Waals surface area contributed by atoms with Gasteiger partial charge in [0.1, 0.15) is 0 Å². The average Bonchev–Trinajstić information content (AvgIpc) is 2.66. The third-order valence-electron chi connectivity index (χ3n) is 7.07. The molecular formula is C24H48O. The first-order valence-electron chi connectivity index (χ1n) is 11.7. The highest BCUT2D eigenvalue weighted by atomic mass is 16.5. The van der Waals surface area contributed by atoms with Crippen LogP contribution >= 0.6 is 0 Å². The minimum atomic E-state index is 0.424. The summed E-state index contributed by atoms with van der Waals surface area (Å²) in [7, 11) is 1.88. The van der Waals surface area contributed by atoms with E-state index in [0.29, 0.717) is 6.10 Å². The van der Waals surface area contributed by atoms with Crippen LogP contribution < -0.4 is 0 Å². The van der Waals surface area contributed by atoms with E-state index in [1.54, 1.807) is 0 Å². The maximum absolute atomic E-state index is 5.62. The summed E-state index contributed by atoms with van der Waals surface area (Å²) < 4.78 is 5.62. The van der Waals surface area contributed by atoms with Crippen molar-refractivity contribution < 1.29 is 4.74 Å². The molecule has 0 bridgehead atoms. The SMILES string of the molecule is CCCCCC1CCC(CC)C(CC(C)OC)CCCCC(CC)C1. The van der Waals surface area contributed by atoms with Gasteiger partial charge in [0.2, 0.25) is 0 Å². The molecule has 25 heavy (non-hydrogen) atoms. The first kappa shape index (κ1) is 23.0. The van der Waals surface area contributed by atoms with E-state index in [-0.39, 0.29) is 0 Å². The van der Waals surface area contributed by atoms with Gasteiger partial charge in [-0.15, -0.1) is 0 Å². The fourth-order valence-corrected chi connectivity index (χ4v) is 5.15. The molecular weight excluding hydrogens is 304 g/mol. The fraction of sp³-hybridized carbons (Fsp3) is 1.00. The first-order chi connectivity index (χ1) is 12.1. The normalized spacial score (nSPS) is 30.6. The first-order valence-corrected chi connectivity index (χ1v) is 11.7. The maximum atomic E-state index is 5.62. The third kappa shape index (κ3) is 9.45. The van der Waals surface area contributed by atoms with Crippen LogP contribution in [-0.2, 0) is 4.74 Å². The second kappa shape index (κ2) is 14.1. The molecule has 0 amide bonds. The molecule has 5 atom stereocenters. The van der Waals surface area contributed by atoms with Gasteiger partial charge in [-0.3, -0.25) is 0 Å². The van der Waals surface area contributed by atoms with Gasteiger partial charge in [0.25, 0.3) is 0 Å². The molecule has 0 aliphatic heterocycles. The fourth-order valence-electron chi connectivity index (χ4n) is 5.15. The van der Waals surface area contributed by atoms with Gasteiger partial charge < -0.3 is 4.74 Å². The van der Waals surface area contributed by atoms with Crippen molar-refractivity contribution in [3.63, 3.8) is 0 Å². The van der Waals surface area contributed by atoms with Crippen LogP contribution in [0.1, 0.15) is 118 Å². The van der Waals surface area contributed by atoms with Gasteiger partial charge in [-0.05, 0) is 49.9 Å². The molecule has 0 saturated heterocycles. The van der Waals surface area contributed by atoms with E-state index in [9.17, 15) is 0 Å². The van der Waals surface area contributed by atoms with Crippen LogP contribution in [0.4, 0.5) is 0 Å². The Morgan fingerprint density at radius 2 is 1.60 bits per heavy atom. The number of hydrogen-bond acceptors (Lipinski definition) is 1.